The zero-order valence-electron chi connectivity index (χ0n) is 15.2. The Labute approximate surface area is 147 Å². The summed E-state index contributed by atoms with van der Waals surface area (Å²) in [6, 6.07) is 8.11. The summed E-state index contributed by atoms with van der Waals surface area (Å²) in [5, 5.41) is 0. The Hall–Kier alpha value is -2.34. The lowest BCUT2D eigenvalue weighted by molar-refractivity contribution is -0.00553. The highest BCUT2D eigenvalue weighted by Crippen LogP contribution is 2.21. The van der Waals surface area contributed by atoms with Gasteiger partial charge in [0.1, 0.15) is 5.82 Å². The Morgan fingerprint density at radius 3 is 2.32 bits per heavy atom. The molecule has 6 heteroatoms. The summed E-state index contributed by atoms with van der Waals surface area (Å²) in [6.45, 7) is 7.33. The largest absolute Gasteiger partial charge is 0.372 e. The van der Waals surface area contributed by atoms with Crippen LogP contribution >= 0.6 is 0 Å². The average Bonchev–Trinajstić information content (AvgIpc) is 2.56. The molecule has 1 aromatic heterocycles. The van der Waals surface area contributed by atoms with Crippen molar-refractivity contribution in [2.45, 2.75) is 39.4 Å². The van der Waals surface area contributed by atoms with E-state index in [-0.39, 0.29) is 23.5 Å². The van der Waals surface area contributed by atoms with Crippen LogP contribution in [0, 0.1) is 6.92 Å². The minimum absolute atomic E-state index is 0.0449. The fourth-order valence-corrected chi connectivity index (χ4v) is 3.36. The first-order valence-electron chi connectivity index (χ1n) is 8.63. The molecule has 2 aromatic rings. The number of hydrogen-bond donors (Lipinski definition) is 1. The predicted octanol–water partition coefficient (Wildman–Crippen LogP) is 1.59. The summed E-state index contributed by atoms with van der Waals surface area (Å²) in [4.78, 5) is 29.9. The first-order chi connectivity index (χ1) is 11.8. The smallest absolute Gasteiger partial charge is 0.329 e. The van der Waals surface area contributed by atoms with Crippen molar-refractivity contribution in [1.29, 1.82) is 0 Å². The van der Waals surface area contributed by atoms with E-state index in [9.17, 15) is 9.59 Å². The molecule has 1 aliphatic rings. The van der Waals surface area contributed by atoms with Gasteiger partial charge in [0.2, 0.25) is 0 Å². The molecule has 3 rings (SSSR count). The molecule has 1 saturated heterocycles. The molecule has 0 radical (unpaired) electrons. The van der Waals surface area contributed by atoms with Gasteiger partial charge in [0.25, 0.3) is 5.56 Å². The first kappa shape index (κ1) is 17.5. The van der Waals surface area contributed by atoms with E-state index in [0.29, 0.717) is 30.9 Å². The second kappa shape index (κ2) is 6.88. The molecule has 2 unspecified atom stereocenters. The van der Waals surface area contributed by atoms with E-state index < -0.39 is 0 Å². The lowest BCUT2D eigenvalue weighted by atomic mass is 10.0. The van der Waals surface area contributed by atoms with Gasteiger partial charge < -0.3 is 9.64 Å². The van der Waals surface area contributed by atoms with Crippen molar-refractivity contribution in [1.82, 2.24) is 9.55 Å². The summed E-state index contributed by atoms with van der Waals surface area (Å²) in [6.07, 6.45) is 0.575. The highest BCUT2D eigenvalue weighted by Gasteiger charge is 2.26. The van der Waals surface area contributed by atoms with Crippen molar-refractivity contribution in [2.24, 2.45) is 7.05 Å². The van der Waals surface area contributed by atoms with Crippen LogP contribution in [-0.4, -0.2) is 34.8 Å². The highest BCUT2D eigenvalue weighted by atomic mass is 16.5. The summed E-state index contributed by atoms with van der Waals surface area (Å²) < 4.78 is 6.92. The van der Waals surface area contributed by atoms with Gasteiger partial charge in [-0.15, -0.1) is 0 Å². The lowest BCUT2D eigenvalue weighted by Crippen LogP contribution is -2.48. The maximum atomic E-state index is 12.8. The quantitative estimate of drug-likeness (QED) is 0.919. The van der Waals surface area contributed by atoms with Gasteiger partial charge in [-0.3, -0.25) is 14.3 Å². The minimum Gasteiger partial charge on any atom is -0.372 e. The van der Waals surface area contributed by atoms with Crippen LogP contribution in [0.5, 0.6) is 0 Å². The number of H-pyrrole nitrogens is 1. The molecule has 1 N–H and O–H groups in total. The zero-order valence-corrected chi connectivity index (χ0v) is 15.2. The molecule has 0 saturated carbocycles. The van der Waals surface area contributed by atoms with Gasteiger partial charge >= 0.3 is 5.69 Å². The maximum Gasteiger partial charge on any atom is 0.329 e. The Morgan fingerprint density at radius 2 is 1.72 bits per heavy atom. The summed E-state index contributed by atoms with van der Waals surface area (Å²) in [5.41, 5.74) is 2.21. The molecule has 2 atom stereocenters. The van der Waals surface area contributed by atoms with E-state index in [1.165, 1.54) is 12.6 Å². The molecule has 0 aliphatic carbocycles. The van der Waals surface area contributed by atoms with E-state index in [0.717, 1.165) is 10.1 Å². The van der Waals surface area contributed by atoms with Gasteiger partial charge in [-0.1, -0.05) is 29.8 Å². The number of morpholine rings is 1. The number of hydrogen-bond acceptors (Lipinski definition) is 4. The van der Waals surface area contributed by atoms with Gasteiger partial charge in [0, 0.05) is 26.6 Å². The number of benzene rings is 1. The minimum atomic E-state index is -0.389. The van der Waals surface area contributed by atoms with Gasteiger partial charge in [-0.05, 0) is 26.3 Å². The van der Waals surface area contributed by atoms with E-state index in [4.69, 9.17) is 4.74 Å². The van der Waals surface area contributed by atoms with Gasteiger partial charge in [-0.25, -0.2) is 4.79 Å². The molecule has 1 aromatic carbocycles. The molecular formula is C19H25N3O3. The molecule has 2 heterocycles. The highest BCUT2D eigenvalue weighted by molar-refractivity contribution is 5.48. The number of nitrogens with zero attached hydrogens (tertiary/aromatic N) is 2. The zero-order chi connectivity index (χ0) is 18.1. The normalized spacial score (nSPS) is 20.7. The van der Waals surface area contributed by atoms with Crippen molar-refractivity contribution in [3.05, 3.63) is 61.8 Å². The van der Waals surface area contributed by atoms with Crippen LogP contribution < -0.4 is 16.1 Å². The van der Waals surface area contributed by atoms with Crippen LogP contribution in [0.15, 0.2) is 33.9 Å². The third-order valence-corrected chi connectivity index (χ3v) is 4.62. The molecule has 0 bridgehead atoms. The Morgan fingerprint density at radius 1 is 1.12 bits per heavy atom. The van der Waals surface area contributed by atoms with E-state index >= 15 is 0 Å². The van der Waals surface area contributed by atoms with E-state index in [2.05, 4.69) is 9.88 Å². The summed E-state index contributed by atoms with van der Waals surface area (Å²) in [5.74, 6) is 0.621. The van der Waals surface area contributed by atoms with E-state index in [1.807, 2.05) is 45.0 Å². The lowest BCUT2D eigenvalue weighted by Gasteiger charge is -2.37. The fraction of sp³-hybridized carbons (Fsp3) is 0.474. The first-order valence-corrected chi connectivity index (χ1v) is 8.63. The molecular weight excluding hydrogens is 318 g/mol. The molecule has 25 heavy (non-hydrogen) atoms. The number of nitrogens with one attached hydrogen (secondary N) is 1. The Kier molecular flexibility index (Phi) is 4.81. The second-order valence-corrected chi connectivity index (χ2v) is 6.95. The van der Waals surface area contributed by atoms with Crippen molar-refractivity contribution in [3.8, 4) is 0 Å². The Balaban J connectivity index is 2.06. The predicted molar refractivity (Wildman–Crippen MR) is 98.5 cm³/mol. The summed E-state index contributed by atoms with van der Waals surface area (Å²) >= 11 is 0. The Bertz CT molecular complexity index is 857. The van der Waals surface area contributed by atoms with Crippen molar-refractivity contribution >= 4 is 5.82 Å². The van der Waals surface area contributed by atoms with Gasteiger partial charge in [0.15, 0.2) is 0 Å². The van der Waals surface area contributed by atoms with E-state index in [1.54, 1.807) is 0 Å². The van der Waals surface area contributed by atoms with Crippen LogP contribution in [0.1, 0.15) is 30.5 Å². The number of ether oxygens (including phenoxy) is 1. The standard InChI is InChI=1S/C19H25N3O3/c1-12-5-7-15(8-6-12)9-16-17(20-19(24)21(4)18(16)23)22-10-13(2)25-14(3)11-22/h5-8,13-14H,9-11H2,1-4H3,(H,20,24). The third-order valence-electron chi connectivity index (χ3n) is 4.62. The number of aromatic nitrogens is 2. The van der Waals surface area contributed by atoms with Crippen LogP contribution in [-0.2, 0) is 18.2 Å². The number of aromatic amines is 1. The average molecular weight is 343 g/mol. The fourth-order valence-electron chi connectivity index (χ4n) is 3.36. The molecule has 1 aliphatic heterocycles. The molecule has 0 spiro atoms. The topological polar surface area (TPSA) is 67.3 Å². The van der Waals surface area contributed by atoms with Crippen LogP contribution in [0.4, 0.5) is 5.82 Å². The summed E-state index contributed by atoms with van der Waals surface area (Å²) in [7, 11) is 1.51. The monoisotopic (exact) mass is 343 g/mol. The van der Waals surface area contributed by atoms with Crippen LogP contribution in [0.3, 0.4) is 0 Å². The number of anilines is 1. The molecule has 1 fully saturated rings. The van der Waals surface area contributed by atoms with Gasteiger partial charge in [-0.2, -0.15) is 0 Å². The maximum absolute atomic E-state index is 12.8. The van der Waals surface area contributed by atoms with Crippen molar-refractivity contribution in [3.63, 3.8) is 0 Å². The number of rotatable bonds is 3. The SMILES string of the molecule is Cc1ccc(Cc2c(N3CC(C)OC(C)C3)[nH]c(=O)n(C)c2=O)cc1. The number of aryl methyl sites for hydroxylation is 1. The molecule has 0 amide bonds. The molecule has 6 nitrogen and oxygen atoms in total. The van der Waals surface area contributed by atoms with Gasteiger partial charge in [0.05, 0.1) is 17.8 Å². The van der Waals surface area contributed by atoms with Crippen LogP contribution in [0.25, 0.3) is 0 Å². The van der Waals surface area contributed by atoms with Crippen molar-refractivity contribution < 1.29 is 4.74 Å². The third kappa shape index (κ3) is 3.69. The second-order valence-electron chi connectivity index (χ2n) is 6.95. The molecule has 134 valence electrons. The van der Waals surface area contributed by atoms with Crippen LogP contribution in [0.2, 0.25) is 0 Å². The van der Waals surface area contributed by atoms with Crippen molar-refractivity contribution in [2.75, 3.05) is 18.0 Å².